The standard InChI is InChI=1S/C13H15NO3/c15-13(16)5-4-11-2-1-3-12(10-11)14-6-8-17-9-7-14/h1-5,10H,6-9H2,(H,15,16)/b5-4+. The number of nitrogens with zero attached hydrogens (tertiary/aromatic N) is 1. The number of morpholine rings is 1. The fourth-order valence-electron chi connectivity index (χ4n) is 1.81. The molecule has 90 valence electrons. The van der Waals surface area contributed by atoms with Crippen LogP contribution < -0.4 is 4.90 Å². The van der Waals surface area contributed by atoms with Gasteiger partial charge < -0.3 is 14.7 Å². The van der Waals surface area contributed by atoms with E-state index in [1.54, 1.807) is 6.08 Å². The normalized spacial score (nSPS) is 16.4. The highest BCUT2D eigenvalue weighted by Crippen LogP contribution is 2.18. The average Bonchev–Trinajstić information content (AvgIpc) is 2.38. The van der Waals surface area contributed by atoms with E-state index in [-0.39, 0.29) is 0 Å². The van der Waals surface area contributed by atoms with E-state index in [1.807, 2.05) is 24.3 Å². The molecule has 0 atom stereocenters. The summed E-state index contributed by atoms with van der Waals surface area (Å²) in [6, 6.07) is 7.85. The van der Waals surface area contributed by atoms with Gasteiger partial charge in [0.2, 0.25) is 0 Å². The van der Waals surface area contributed by atoms with E-state index >= 15 is 0 Å². The quantitative estimate of drug-likeness (QED) is 0.806. The van der Waals surface area contributed by atoms with Crippen molar-refractivity contribution in [2.24, 2.45) is 0 Å². The lowest BCUT2D eigenvalue weighted by Crippen LogP contribution is -2.36. The predicted molar refractivity (Wildman–Crippen MR) is 66.1 cm³/mol. The minimum absolute atomic E-state index is 0.745. The fraction of sp³-hybridized carbons (Fsp3) is 0.308. The van der Waals surface area contributed by atoms with E-state index in [2.05, 4.69) is 4.90 Å². The number of aliphatic carboxylic acids is 1. The third-order valence-corrected chi connectivity index (χ3v) is 2.66. The molecule has 0 saturated carbocycles. The first-order valence-electron chi connectivity index (χ1n) is 5.59. The van der Waals surface area contributed by atoms with Crippen molar-refractivity contribution in [2.75, 3.05) is 31.2 Å². The summed E-state index contributed by atoms with van der Waals surface area (Å²) in [5.41, 5.74) is 2.01. The Kier molecular flexibility index (Phi) is 3.77. The molecule has 1 N–H and O–H groups in total. The number of carbonyl (C=O) groups is 1. The molecule has 1 heterocycles. The summed E-state index contributed by atoms with van der Waals surface area (Å²) in [5.74, 6) is -0.929. The zero-order valence-electron chi connectivity index (χ0n) is 9.50. The molecule has 0 aromatic heterocycles. The number of ether oxygens (including phenoxy) is 1. The van der Waals surface area contributed by atoms with Crippen LogP contribution in [0.1, 0.15) is 5.56 Å². The van der Waals surface area contributed by atoms with Crippen molar-refractivity contribution in [3.63, 3.8) is 0 Å². The molecule has 0 unspecified atom stereocenters. The molecule has 0 spiro atoms. The van der Waals surface area contributed by atoms with Crippen LogP contribution in [0.3, 0.4) is 0 Å². The van der Waals surface area contributed by atoms with Gasteiger partial charge in [-0.15, -0.1) is 0 Å². The Hall–Kier alpha value is -1.81. The number of hydrogen-bond donors (Lipinski definition) is 1. The van der Waals surface area contributed by atoms with Gasteiger partial charge in [0.25, 0.3) is 0 Å². The van der Waals surface area contributed by atoms with Crippen molar-refractivity contribution in [3.05, 3.63) is 35.9 Å². The molecule has 0 amide bonds. The summed E-state index contributed by atoms with van der Waals surface area (Å²) in [6.45, 7) is 3.25. The molecule has 1 aromatic carbocycles. The van der Waals surface area contributed by atoms with Crippen LogP contribution in [-0.4, -0.2) is 37.4 Å². The Morgan fingerprint density at radius 3 is 2.82 bits per heavy atom. The zero-order chi connectivity index (χ0) is 12.1. The van der Waals surface area contributed by atoms with Gasteiger partial charge in [0.15, 0.2) is 0 Å². The molecular formula is C13H15NO3. The second-order valence-electron chi connectivity index (χ2n) is 3.87. The lowest BCUT2D eigenvalue weighted by molar-refractivity contribution is -0.131. The van der Waals surface area contributed by atoms with Crippen LogP contribution in [0.15, 0.2) is 30.3 Å². The summed E-state index contributed by atoms with van der Waals surface area (Å²) in [7, 11) is 0. The maximum absolute atomic E-state index is 10.4. The number of carboxylic acids is 1. The number of rotatable bonds is 3. The Morgan fingerprint density at radius 2 is 2.12 bits per heavy atom. The predicted octanol–water partition coefficient (Wildman–Crippen LogP) is 1.62. The van der Waals surface area contributed by atoms with Crippen LogP contribution >= 0.6 is 0 Å². The Morgan fingerprint density at radius 1 is 1.35 bits per heavy atom. The minimum Gasteiger partial charge on any atom is -0.478 e. The molecule has 1 aliphatic heterocycles. The molecule has 1 saturated heterocycles. The van der Waals surface area contributed by atoms with Gasteiger partial charge in [-0.05, 0) is 23.8 Å². The molecular weight excluding hydrogens is 218 g/mol. The molecule has 2 rings (SSSR count). The first-order valence-corrected chi connectivity index (χ1v) is 5.59. The first kappa shape index (κ1) is 11.7. The highest BCUT2D eigenvalue weighted by atomic mass is 16.5. The molecule has 1 fully saturated rings. The van der Waals surface area contributed by atoms with Crippen LogP contribution in [0.5, 0.6) is 0 Å². The summed E-state index contributed by atoms with van der Waals surface area (Å²) >= 11 is 0. The van der Waals surface area contributed by atoms with E-state index in [1.165, 1.54) is 0 Å². The first-order chi connectivity index (χ1) is 8.25. The van der Waals surface area contributed by atoms with E-state index in [4.69, 9.17) is 9.84 Å². The lowest BCUT2D eigenvalue weighted by atomic mass is 10.1. The topological polar surface area (TPSA) is 49.8 Å². The van der Waals surface area contributed by atoms with Crippen LogP contribution in [0.4, 0.5) is 5.69 Å². The third kappa shape index (κ3) is 3.32. The largest absolute Gasteiger partial charge is 0.478 e. The van der Waals surface area contributed by atoms with E-state index < -0.39 is 5.97 Å². The van der Waals surface area contributed by atoms with Crippen LogP contribution in [0, 0.1) is 0 Å². The number of hydrogen-bond acceptors (Lipinski definition) is 3. The second kappa shape index (κ2) is 5.50. The Balaban J connectivity index is 2.12. The van der Waals surface area contributed by atoms with Crippen molar-refractivity contribution >= 4 is 17.7 Å². The van der Waals surface area contributed by atoms with Gasteiger partial charge in [0, 0.05) is 24.9 Å². The number of carboxylic acid groups (broad SMARTS) is 1. The van der Waals surface area contributed by atoms with Gasteiger partial charge in [0.1, 0.15) is 0 Å². The van der Waals surface area contributed by atoms with Crippen molar-refractivity contribution in [1.29, 1.82) is 0 Å². The molecule has 0 bridgehead atoms. The van der Waals surface area contributed by atoms with Crippen LogP contribution in [-0.2, 0) is 9.53 Å². The van der Waals surface area contributed by atoms with Crippen molar-refractivity contribution in [2.45, 2.75) is 0 Å². The monoisotopic (exact) mass is 233 g/mol. The van der Waals surface area contributed by atoms with Gasteiger partial charge in [0.05, 0.1) is 13.2 Å². The van der Waals surface area contributed by atoms with E-state index in [9.17, 15) is 4.79 Å². The Labute approximate surface area is 100 Å². The van der Waals surface area contributed by atoms with Gasteiger partial charge in [-0.25, -0.2) is 4.79 Å². The fourth-order valence-corrected chi connectivity index (χ4v) is 1.81. The number of benzene rings is 1. The van der Waals surface area contributed by atoms with Gasteiger partial charge in [-0.3, -0.25) is 0 Å². The van der Waals surface area contributed by atoms with Crippen molar-refractivity contribution in [3.8, 4) is 0 Å². The summed E-state index contributed by atoms with van der Waals surface area (Å²) < 4.78 is 5.30. The summed E-state index contributed by atoms with van der Waals surface area (Å²) in [5, 5.41) is 8.58. The molecule has 17 heavy (non-hydrogen) atoms. The third-order valence-electron chi connectivity index (χ3n) is 2.66. The molecule has 4 nitrogen and oxygen atoms in total. The zero-order valence-corrected chi connectivity index (χ0v) is 9.50. The summed E-state index contributed by atoms with van der Waals surface area (Å²) in [4.78, 5) is 12.7. The second-order valence-corrected chi connectivity index (χ2v) is 3.87. The molecule has 0 aliphatic carbocycles. The minimum atomic E-state index is -0.929. The van der Waals surface area contributed by atoms with Gasteiger partial charge in [-0.2, -0.15) is 0 Å². The maximum atomic E-state index is 10.4. The van der Waals surface area contributed by atoms with Crippen LogP contribution in [0.2, 0.25) is 0 Å². The molecule has 1 aliphatic rings. The van der Waals surface area contributed by atoms with Crippen LogP contribution in [0.25, 0.3) is 6.08 Å². The number of anilines is 1. The SMILES string of the molecule is O=C(O)/C=C/c1cccc(N2CCOCC2)c1. The Bertz CT molecular complexity index is 422. The highest BCUT2D eigenvalue weighted by Gasteiger charge is 2.10. The maximum Gasteiger partial charge on any atom is 0.328 e. The van der Waals surface area contributed by atoms with Gasteiger partial charge >= 0.3 is 5.97 Å². The summed E-state index contributed by atoms with van der Waals surface area (Å²) in [6.07, 6.45) is 2.75. The van der Waals surface area contributed by atoms with E-state index in [0.29, 0.717) is 0 Å². The molecule has 4 heteroatoms. The van der Waals surface area contributed by atoms with Crippen molar-refractivity contribution < 1.29 is 14.6 Å². The van der Waals surface area contributed by atoms with Crippen molar-refractivity contribution in [1.82, 2.24) is 0 Å². The smallest absolute Gasteiger partial charge is 0.328 e. The molecule has 0 radical (unpaired) electrons. The molecule has 1 aromatic rings. The highest BCUT2D eigenvalue weighted by molar-refractivity contribution is 5.85. The average molecular weight is 233 g/mol. The lowest BCUT2D eigenvalue weighted by Gasteiger charge is -2.29. The van der Waals surface area contributed by atoms with Gasteiger partial charge in [-0.1, -0.05) is 12.1 Å². The van der Waals surface area contributed by atoms with E-state index in [0.717, 1.165) is 43.6 Å².